The molecule has 0 aromatic heterocycles. The van der Waals surface area contributed by atoms with Gasteiger partial charge in [-0.1, -0.05) is 12.2 Å². The van der Waals surface area contributed by atoms with Gasteiger partial charge in [0.1, 0.15) is 0 Å². The van der Waals surface area contributed by atoms with Crippen molar-refractivity contribution in [2.45, 2.75) is 26.1 Å². The molecular formula is C7H9F3O2S. The molecule has 0 aliphatic heterocycles. The number of carbonyl (C=O) groups is 1. The summed E-state index contributed by atoms with van der Waals surface area (Å²) in [6, 6.07) is 0. The van der Waals surface area contributed by atoms with Gasteiger partial charge in [-0.2, -0.15) is 13.2 Å². The van der Waals surface area contributed by atoms with E-state index in [2.05, 4.69) is 4.18 Å². The Morgan fingerprint density at radius 3 is 2.46 bits per heavy atom. The van der Waals surface area contributed by atoms with E-state index >= 15 is 0 Å². The Morgan fingerprint density at radius 1 is 1.54 bits per heavy atom. The topological polar surface area (TPSA) is 26.3 Å². The quantitative estimate of drug-likeness (QED) is 0.533. The Bertz CT molecular complexity index is 200. The fourth-order valence-corrected chi connectivity index (χ4v) is 0.868. The number of hydrogen-bond donors (Lipinski definition) is 0. The van der Waals surface area contributed by atoms with Crippen LogP contribution >= 0.6 is 12.0 Å². The highest BCUT2D eigenvalue weighted by Gasteiger charge is 2.39. The molecule has 0 aliphatic carbocycles. The summed E-state index contributed by atoms with van der Waals surface area (Å²) < 4.78 is 39.4. The van der Waals surface area contributed by atoms with E-state index in [4.69, 9.17) is 0 Å². The molecule has 0 heterocycles. The van der Waals surface area contributed by atoms with Gasteiger partial charge in [0.25, 0.3) is 0 Å². The van der Waals surface area contributed by atoms with Crippen molar-refractivity contribution in [1.82, 2.24) is 0 Å². The molecular weight excluding hydrogens is 205 g/mol. The van der Waals surface area contributed by atoms with Crippen LogP contribution in [0, 0.1) is 0 Å². The summed E-state index contributed by atoms with van der Waals surface area (Å²) >= 11 is -0.184. The average molecular weight is 214 g/mol. The molecule has 0 fully saturated rings. The van der Waals surface area contributed by atoms with Crippen molar-refractivity contribution in [2.24, 2.45) is 0 Å². The maximum absolute atomic E-state index is 11.6. The third kappa shape index (κ3) is 5.70. The first-order valence-corrected chi connectivity index (χ1v) is 4.19. The monoisotopic (exact) mass is 214 g/mol. The second-order valence-electron chi connectivity index (χ2n) is 2.20. The van der Waals surface area contributed by atoms with Crippen LogP contribution in [0.1, 0.15) is 13.8 Å². The average Bonchev–Trinajstić information content (AvgIpc) is 1.99. The summed E-state index contributed by atoms with van der Waals surface area (Å²) in [7, 11) is 0. The van der Waals surface area contributed by atoms with Gasteiger partial charge >= 0.3 is 11.3 Å². The summed E-state index contributed by atoms with van der Waals surface area (Å²) in [5, 5.41) is -1.94. The van der Waals surface area contributed by atoms with E-state index in [1.807, 2.05) is 0 Å². The van der Waals surface area contributed by atoms with Gasteiger partial charge in [-0.15, -0.1) is 0 Å². The number of rotatable bonds is 3. The van der Waals surface area contributed by atoms with E-state index in [0.717, 1.165) is 0 Å². The molecule has 0 N–H and O–H groups in total. The third-order valence-corrected chi connectivity index (χ3v) is 1.75. The number of carbonyl (C=O) groups excluding carboxylic acids is 1. The fraction of sp³-hybridized carbons (Fsp3) is 0.571. The summed E-state index contributed by atoms with van der Waals surface area (Å²) in [4.78, 5) is 10.3. The van der Waals surface area contributed by atoms with Crippen molar-refractivity contribution < 1.29 is 22.1 Å². The molecule has 0 saturated carbocycles. The molecule has 1 atom stereocenters. The third-order valence-electron chi connectivity index (χ3n) is 0.971. The SMILES string of the molecule is CC=CC(C)OSC(=O)C(F)(F)F. The molecule has 0 amide bonds. The smallest absolute Gasteiger partial charge is 0.300 e. The molecule has 2 nitrogen and oxygen atoms in total. The Hall–Kier alpha value is -0.490. The Balaban J connectivity index is 3.84. The molecule has 6 heteroatoms. The summed E-state index contributed by atoms with van der Waals surface area (Å²) in [6.45, 7) is 3.24. The van der Waals surface area contributed by atoms with Gasteiger partial charge in [-0.05, 0) is 13.8 Å². The van der Waals surface area contributed by atoms with E-state index in [0.29, 0.717) is 0 Å². The lowest BCUT2D eigenvalue weighted by Crippen LogP contribution is -2.20. The van der Waals surface area contributed by atoms with Gasteiger partial charge in [0.15, 0.2) is 0 Å². The van der Waals surface area contributed by atoms with Crippen molar-refractivity contribution in [1.29, 1.82) is 0 Å². The number of allylic oxidation sites excluding steroid dienone is 1. The van der Waals surface area contributed by atoms with E-state index in [1.165, 1.54) is 13.0 Å². The normalized spacial score (nSPS) is 14.8. The largest absolute Gasteiger partial charge is 0.463 e. The molecule has 0 spiro atoms. The molecule has 76 valence electrons. The lowest BCUT2D eigenvalue weighted by molar-refractivity contribution is -0.161. The summed E-state index contributed by atoms with van der Waals surface area (Å²) in [5.74, 6) is 0. The van der Waals surface area contributed by atoms with Gasteiger partial charge in [0.2, 0.25) is 0 Å². The van der Waals surface area contributed by atoms with Crippen molar-refractivity contribution in [2.75, 3.05) is 0 Å². The zero-order valence-electron chi connectivity index (χ0n) is 7.09. The van der Waals surface area contributed by atoms with Crippen LogP contribution in [0.25, 0.3) is 0 Å². The van der Waals surface area contributed by atoms with E-state index in [9.17, 15) is 18.0 Å². The minimum atomic E-state index is -4.83. The van der Waals surface area contributed by atoms with Crippen molar-refractivity contribution in [3.05, 3.63) is 12.2 Å². The van der Waals surface area contributed by atoms with Crippen LogP contribution in [0.5, 0.6) is 0 Å². The van der Waals surface area contributed by atoms with Crippen LogP contribution in [-0.2, 0) is 8.98 Å². The van der Waals surface area contributed by atoms with Crippen molar-refractivity contribution in [3.8, 4) is 0 Å². The van der Waals surface area contributed by atoms with E-state index in [-0.39, 0.29) is 12.0 Å². The lowest BCUT2D eigenvalue weighted by atomic mass is 10.4. The first-order chi connectivity index (χ1) is 5.88. The van der Waals surface area contributed by atoms with E-state index in [1.54, 1.807) is 13.0 Å². The van der Waals surface area contributed by atoms with Gasteiger partial charge in [0.05, 0.1) is 18.1 Å². The minimum absolute atomic E-state index is 0.184. The fourth-order valence-electron chi connectivity index (χ4n) is 0.470. The minimum Gasteiger partial charge on any atom is -0.300 e. The van der Waals surface area contributed by atoms with Gasteiger partial charge in [-0.25, -0.2) is 0 Å². The summed E-state index contributed by atoms with van der Waals surface area (Å²) in [5.41, 5.74) is 0. The second-order valence-corrected chi connectivity index (χ2v) is 2.93. The predicted octanol–water partition coefficient (Wildman–Crippen LogP) is 2.70. The van der Waals surface area contributed by atoms with Crippen LogP contribution in [0.15, 0.2) is 12.2 Å². The first-order valence-electron chi connectivity index (χ1n) is 3.45. The number of hydrogen-bond acceptors (Lipinski definition) is 3. The predicted molar refractivity (Wildman–Crippen MR) is 44.0 cm³/mol. The molecule has 1 unspecified atom stereocenters. The molecule has 0 bridgehead atoms. The molecule has 13 heavy (non-hydrogen) atoms. The Kier molecular flexibility index (Phi) is 5.09. The van der Waals surface area contributed by atoms with Gasteiger partial charge < -0.3 is 4.18 Å². The van der Waals surface area contributed by atoms with Crippen LogP contribution < -0.4 is 0 Å². The standard InChI is InChI=1S/C7H9F3O2S/c1-3-4-5(2)12-13-6(11)7(8,9)10/h3-5H,1-2H3. The molecule has 0 aromatic carbocycles. The molecule has 0 radical (unpaired) electrons. The van der Waals surface area contributed by atoms with Gasteiger partial charge in [0, 0.05) is 0 Å². The summed E-state index contributed by atoms with van der Waals surface area (Å²) in [6.07, 6.45) is -2.18. The zero-order chi connectivity index (χ0) is 10.5. The van der Waals surface area contributed by atoms with Crippen LogP contribution in [0.2, 0.25) is 0 Å². The highest BCUT2D eigenvalue weighted by atomic mass is 32.2. The maximum Gasteiger partial charge on any atom is 0.463 e. The molecule has 0 saturated heterocycles. The first kappa shape index (κ1) is 12.5. The van der Waals surface area contributed by atoms with Crippen LogP contribution in [0.3, 0.4) is 0 Å². The van der Waals surface area contributed by atoms with Crippen molar-refractivity contribution >= 4 is 17.2 Å². The number of alkyl halides is 3. The Labute approximate surface area is 78.3 Å². The number of halogens is 3. The Morgan fingerprint density at radius 2 is 2.08 bits per heavy atom. The van der Waals surface area contributed by atoms with Crippen LogP contribution in [-0.4, -0.2) is 17.4 Å². The second kappa shape index (κ2) is 5.29. The molecule has 0 rings (SSSR count). The molecule has 0 aromatic rings. The van der Waals surface area contributed by atoms with E-state index < -0.39 is 17.4 Å². The highest BCUT2D eigenvalue weighted by molar-refractivity contribution is 8.09. The highest BCUT2D eigenvalue weighted by Crippen LogP contribution is 2.24. The van der Waals surface area contributed by atoms with Gasteiger partial charge in [-0.3, -0.25) is 4.79 Å². The zero-order valence-corrected chi connectivity index (χ0v) is 7.91. The lowest BCUT2D eigenvalue weighted by Gasteiger charge is -2.07. The van der Waals surface area contributed by atoms with Crippen LogP contribution in [0.4, 0.5) is 13.2 Å². The maximum atomic E-state index is 11.6. The molecule has 0 aliphatic rings. The van der Waals surface area contributed by atoms with Crippen molar-refractivity contribution in [3.63, 3.8) is 0 Å².